The van der Waals surface area contributed by atoms with Crippen LogP contribution in [0.5, 0.6) is 0 Å². The van der Waals surface area contributed by atoms with Gasteiger partial charge in [0.15, 0.2) is 5.58 Å². The highest BCUT2D eigenvalue weighted by Gasteiger charge is 2.31. The molecule has 184 valence electrons. The molecule has 10 heteroatoms. The third kappa shape index (κ3) is 4.25. The van der Waals surface area contributed by atoms with Gasteiger partial charge in [-0.3, -0.25) is 4.79 Å². The summed E-state index contributed by atoms with van der Waals surface area (Å²) in [6, 6.07) is 10.8. The van der Waals surface area contributed by atoms with Crippen molar-refractivity contribution >= 4 is 56.7 Å². The maximum Gasteiger partial charge on any atom is 0.341 e. The summed E-state index contributed by atoms with van der Waals surface area (Å²) in [5.41, 5.74) is 7.15. The van der Waals surface area contributed by atoms with Gasteiger partial charge in [-0.25, -0.2) is 14.0 Å². The number of hydrogen-bond acceptors (Lipinski definition) is 5. The topological polar surface area (TPSA) is 119 Å². The number of aromatic nitrogens is 1. The molecule has 4 N–H and O–H groups in total. The van der Waals surface area contributed by atoms with Crippen molar-refractivity contribution in [2.24, 2.45) is 5.73 Å². The standard InChI is InChI=1S/C26H22FIN4O4/c1-12-22(31-19-9-6-15(28)11-18(19)27)21-23(36-25(12)34)20(13(2)32(24(21)33)17-7-8-17)14-4-3-5-16(10-14)30-26(29)35/h3-6,9-11,17,31H,7-8H2,1-2H3,(H3,29,30,35). The van der Waals surface area contributed by atoms with Crippen molar-refractivity contribution in [3.63, 3.8) is 0 Å². The van der Waals surface area contributed by atoms with Gasteiger partial charge in [0.2, 0.25) is 0 Å². The zero-order chi connectivity index (χ0) is 25.7. The minimum atomic E-state index is -0.718. The maximum atomic E-state index is 14.7. The van der Waals surface area contributed by atoms with E-state index in [9.17, 15) is 18.8 Å². The number of nitrogens with zero attached hydrogens (tertiary/aromatic N) is 1. The molecule has 0 spiro atoms. The molecule has 36 heavy (non-hydrogen) atoms. The fourth-order valence-electron chi connectivity index (χ4n) is 4.45. The first-order valence-electron chi connectivity index (χ1n) is 11.3. The van der Waals surface area contributed by atoms with Gasteiger partial charge >= 0.3 is 11.7 Å². The second-order valence-corrected chi connectivity index (χ2v) is 10.0. The number of nitrogens with one attached hydrogen (secondary N) is 2. The zero-order valence-corrected chi connectivity index (χ0v) is 21.6. The van der Waals surface area contributed by atoms with E-state index in [1.54, 1.807) is 47.9 Å². The fourth-order valence-corrected chi connectivity index (χ4v) is 4.90. The van der Waals surface area contributed by atoms with E-state index in [2.05, 4.69) is 10.6 Å². The number of carbonyl (C=O) groups is 1. The van der Waals surface area contributed by atoms with Crippen LogP contribution in [0.1, 0.15) is 30.1 Å². The van der Waals surface area contributed by atoms with E-state index in [0.717, 1.165) is 12.8 Å². The average Bonchev–Trinajstić information content (AvgIpc) is 3.63. The predicted octanol–water partition coefficient (Wildman–Crippen LogP) is 5.55. The van der Waals surface area contributed by atoms with E-state index in [4.69, 9.17) is 10.2 Å². The van der Waals surface area contributed by atoms with E-state index in [1.807, 2.05) is 22.6 Å². The van der Waals surface area contributed by atoms with E-state index in [-0.39, 0.29) is 39.5 Å². The Morgan fingerprint density at radius 3 is 2.58 bits per heavy atom. The summed E-state index contributed by atoms with van der Waals surface area (Å²) in [6.45, 7) is 3.34. The number of nitrogens with two attached hydrogens (primary N) is 1. The van der Waals surface area contributed by atoms with Gasteiger partial charge in [0, 0.05) is 26.6 Å². The van der Waals surface area contributed by atoms with Gasteiger partial charge in [-0.05, 0) is 85.2 Å². The average molecular weight is 600 g/mol. The molecule has 2 amide bonds. The van der Waals surface area contributed by atoms with Crippen LogP contribution in [0, 0.1) is 23.2 Å². The van der Waals surface area contributed by atoms with E-state index < -0.39 is 17.5 Å². The monoisotopic (exact) mass is 600 g/mol. The van der Waals surface area contributed by atoms with E-state index in [0.29, 0.717) is 26.1 Å². The summed E-state index contributed by atoms with van der Waals surface area (Å²) in [4.78, 5) is 38.2. The summed E-state index contributed by atoms with van der Waals surface area (Å²) in [5, 5.41) is 5.69. The first-order valence-corrected chi connectivity index (χ1v) is 12.3. The number of pyridine rings is 1. The highest BCUT2D eigenvalue weighted by molar-refractivity contribution is 14.1. The van der Waals surface area contributed by atoms with Crippen LogP contribution in [0.4, 0.5) is 26.2 Å². The summed E-state index contributed by atoms with van der Waals surface area (Å²) < 4.78 is 22.9. The molecule has 5 rings (SSSR count). The van der Waals surface area contributed by atoms with Crippen LogP contribution >= 0.6 is 22.6 Å². The third-order valence-electron chi connectivity index (χ3n) is 6.26. The number of primary amides is 1. The van der Waals surface area contributed by atoms with Gasteiger partial charge in [0.1, 0.15) is 11.2 Å². The van der Waals surface area contributed by atoms with Crippen molar-refractivity contribution in [1.29, 1.82) is 0 Å². The molecule has 0 saturated heterocycles. The molecule has 2 heterocycles. The smallest absolute Gasteiger partial charge is 0.341 e. The van der Waals surface area contributed by atoms with E-state index >= 15 is 0 Å². The summed E-state index contributed by atoms with van der Waals surface area (Å²) in [7, 11) is 0. The number of urea groups is 1. The van der Waals surface area contributed by atoms with Crippen molar-refractivity contribution in [3.05, 3.63) is 83.9 Å². The Morgan fingerprint density at radius 1 is 1.17 bits per heavy atom. The lowest BCUT2D eigenvalue weighted by Gasteiger charge is -2.19. The first-order chi connectivity index (χ1) is 17.2. The number of carbonyl (C=O) groups excluding carboxylic acids is 1. The molecule has 1 saturated carbocycles. The number of fused-ring (bicyclic) bond motifs is 1. The molecular weight excluding hydrogens is 578 g/mol. The lowest BCUT2D eigenvalue weighted by Crippen LogP contribution is -2.25. The van der Waals surface area contributed by atoms with Gasteiger partial charge < -0.3 is 25.4 Å². The number of hydrogen-bond donors (Lipinski definition) is 3. The normalized spacial score (nSPS) is 13.1. The highest BCUT2D eigenvalue weighted by atomic mass is 127. The van der Waals surface area contributed by atoms with Gasteiger partial charge in [-0.15, -0.1) is 0 Å². The van der Waals surface area contributed by atoms with Crippen molar-refractivity contribution in [3.8, 4) is 11.1 Å². The van der Waals surface area contributed by atoms with Crippen LogP contribution in [-0.2, 0) is 0 Å². The number of halogens is 2. The molecule has 0 radical (unpaired) electrons. The van der Waals surface area contributed by atoms with Gasteiger partial charge in [-0.1, -0.05) is 12.1 Å². The molecular formula is C26H22FIN4O4. The third-order valence-corrected chi connectivity index (χ3v) is 6.93. The molecule has 1 fully saturated rings. The molecule has 2 aromatic carbocycles. The lowest BCUT2D eigenvalue weighted by atomic mass is 9.99. The number of benzene rings is 2. The van der Waals surface area contributed by atoms with Gasteiger partial charge in [0.25, 0.3) is 5.56 Å². The quantitative estimate of drug-likeness (QED) is 0.260. The SMILES string of the molecule is Cc1c(Nc2ccc(I)cc2F)c2c(=O)n(C3CC3)c(C)c(-c3cccc(NC(N)=O)c3)c2oc1=O. The zero-order valence-electron chi connectivity index (χ0n) is 19.4. The van der Waals surface area contributed by atoms with E-state index in [1.165, 1.54) is 13.0 Å². The Kier molecular flexibility index (Phi) is 6.07. The van der Waals surface area contributed by atoms with Crippen LogP contribution in [0.15, 0.2) is 56.5 Å². The maximum absolute atomic E-state index is 14.7. The lowest BCUT2D eigenvalue weighted by molar-refractivity contribution is 0.259. The van der Waals surface area contributed by atoms with Crippen LogP contribution in [0.2, 0.25) is 0 Å². The molecule has 1 aliphatic rings. The summed E-state index contributed by atoms with van der Waals surface area (Å²) >= 11 is 2.01. The molecule has 0 bridgehead atoms. The predicted molar refractivity (Wildman–Crippen MR) is 146 cm³/mol. The molecule has 4 aromatic rings. The molecule has 0 unspecified atom stereocenters. The molecule has 0 atom stereocenters. The number of anilines is 3. The second-order valence-electron chi connectivity index (χ2n) is 8.78. The Labute approximate surface area is 218 Å². The second kappa shape index (κ2) is 9.08. The van der Waals surface area contributed by atoms with Crippen LogP contribution in [0.25, 0.3) is 22.1 Å². The Morgan fingerprint density at radius 2 is 1.92 bits per heavy atom. The highest BCUT2D eigenvalue weighted by Crippen LogP contribution is 2.41. The van der Waals surface area contributed by atoms with Crippen LogP contribution < -0.4 is 27.6 Å². The first kappa shape index (κ1) is 24.0. The Bertz CT molecular complexity index is 1670. The van der Waals surface area contributed by atoms with Crippen molar-refractivity contribution in [1.82, 2.24) is 4.57 Å². The molecule has 0 aliphatic heterocycles. The minimum Gasteiger partial charge on any atom is -0.421 e. The van der Waals surface area contributed by atoms with Crippen molar-refractivity contribution in [2.45, 2.75) is 32.7 Å². The van der Waals surface area contributed by atoms with Gasteiger partial charge in [-0.2, -0.15) is 0 Å². The summed E-state index contributed by atoms with van der Waals surface area (Å²) in [5.74, 6) is -0.511. The van der Waals surface area contributed by atoms with Crippen LogP contribution in [-0.4, -0.2) is 10.6 Å². The largest absolute Gasteiger partial charge is 0.421 e. The van der Waals surface area contributed by atoms with Crippen LogP contribution in [0.3, 0.4) is 0 Å². The minimum absolute atomic E-state index is 0.0164. The van der Waals surface area contributed by atoms with Crippen molar-refractivity contribution < 1.29 is 13.6 Å². The fraction of sp³-hybridized carbons (Fsp3) is 0.192. The number of rotatable bonds is 5. The number of amides is 2. The molecule has 1 aliphatic carbocycles. The Balaban J connectivity index is 1.85. The van der Waals surface area contributed by atoms with Gasteiger partial charge in [0.05, 0.1) is 16.9 Å². The Hall–Kier alpha value is -3.67. The molecule has 8 nitrogen and oxygen atoms in total. The van der Waals surface area contributed by atoms with Crippen molar-refractivity contribution in [2.75, 3.05) is 10.6 Å². The summed E-state index contributed by atoms with van der Waals surface area (Å²) in [6.07, 6.45) is 1.69. The molecule has 2 aromatic heterocycles.